The molecule has 5 heterocycles. The molecule has 0 spiro atoms. The van der Waals surface area contributed by atoms with Gasteiger partial charge in [-0.15, -0.1) is 0 Å². The number of nitrogens with zero attached hydrogens (tertiary/aromatic N) is 10. The van der Waals surface area contributed by atoms with Crippen LogP contribution >= 0.6 is 27.5 Å². The van der Waals surface area contributed by atoms with Crippen molar-refractivity contribution >= 4 is 73.4 Å². The first-order valence-corrected chi connectivity index (χ1v) is 24.0. The molecule has 0 radical (unpaired) electrons. The summed E-state index contributed by atoms with van der Waals surface area (Å²) in [5.74, 6) is -0.142. The minimum Gasteiger partial charge on any atom is -0.486 e. The summed E-state index contributed by atoms with van der Waals surface area (Å²) < 4.78 is 54.2. The fraction of sp³-hybridized carbons (Fsp3) is 0.354. The van der Waals surface area contributed by atoms with E-state index in [0.717, 1.165) is 31.5 Å². The van der Waals surface area contributed by atoms with E-state index in [1.165, 1.54) is 30.6 Å². The highest BCUT2D eigenvalue weighted by molar-refractivity contribution is 9.10. The molecule has 1 saturated carbocycles. The van der Waals surface area contributed by atoms with Crippen molar-refractivity contribution in [1.29, 1.82) is 0 Å². The molecule has 70 heavy (non-hydrogen) atoms. The average Bonchev–Trinajstić information content (AvgIpc) is 4.02. The largest absolute Gasteiger partial charge is 0.486 e. The maximum absolute atomic E-state index is 15.5. The smallest absolute Gasteiger partial charge is 0.232 e. The van der Waals surface area contributed by atoms with Gasteiger partial charge in [-0.25, -0.2) is 28.1 Å². The first kappa shape index (κ1) is 48.6. The second kappa shape index (κ2) is 20.9. The van der Waals surface area contributed by atoms with Crippen LogP contribution in [0.1, 0.15) is 53.9 Å². The van der Waals surface area contributed by atoms with Crippen LogP contribution in [0.15, 0.2) is 71.6 Å². The van der Waals surface area contributed by atoms with Gasteiger partial charge in [0.25, 0.3) is 0 Å². The Morgan fingerprint density at radius 1 is 1.07 bits per heavy atom. The standard InChI is InChI=1S/C48H51BrClF3N14O3/c1-26(23-66(24-39-59-36-10-9-34(50)40(53)42(36)61-39)48-63-47(65-16-14-64(4)15-17-65)62-45-33(49)22-58-67(45)48)38(68)11-12-55-44-43(70-18-13-54-3)41(56-25-57-44)32-20-30(51)21-37(27(32)2)60-46(69)31-8-7-29(19-35(31)52)28-5-6-28/h7-10,19-22,25,28,46,54,60,69H,1,5-6,11-18,23-24H2,2-4H3,(H,59,61)(H,55,56,57). The van der Waals surface area contributed by atoms with E-state index in [0.29, 0.717) is 70.0 Å². The lowest BCUT2D eigenvalue weighted by atomic mass is 10.0. The predicted octanol–water partition coefficient (Wildman–Crippen LogP) is 7.56. The number of ether oxygens (including phenoxy) is 1. The molecular formula is C48H51BrClF3N14O3. The van der Waals surface area contributed by atoms with Gasteiger partial charge in [0.1, 0.15) is 41.6 Å². The number of carbonyl (C=O) groups excluding carboxylic acids is 1. The maximum atomic E-state index is 15.5. The Kier molecular flexibility index (Phi) is 14.5. The normalized spacial score (nSPS) is 14.6. The third-order valence-electron chi connectivity index (χ3n) is 12.4. The van der Waals surface area contributed by atoms with Crippen LogP contribution in [0.2, 0.25) is 5.02 Å². The van der Waals surface area contributed by atoms with Crippen molar-refractivity contribution in [2.75, 3.05) is 86.9 Å². The number of H-pyrrole nitrogens is 1. The molecule has 22 heteroatoms. The van der Waals surface area contributed by atoms with Crippen molar-refractivity contribution in [3.8, 4) is 17.0 Å². The Bertz CT molecular complexity index is 3090. The van der Waals surface area contributed by atoms with Gasteiger partial charge in [0.2, 0.25) is 11.9 Å². The van der Waals surface area contributed by atoms with E-state index in [1.54, 1.807) is 47.8 Å². The molecule has 1 aliphatic carbocycles. The lowest BCUT2D eigenvalue weighted by molar-refractivity contribution is -0.115. The van der Waals surface area contributed by atoms with Crippen molar-refractivity contribution in [2.45, 2.75) is 44.9 Å². The Morgan fingerprint density at radius 3 is 2.63 bits per heavy atom. The number of imidazole rings is 1. The number of hydrogen-bond acceptors (Lipinski definition) is 15. The molecule has 1 saturated heterocycles. The molecule has 5 N–H and O–H groups in total. The van der Waals surface area contributed by atoms with Crippen LogP contribution in [0.25, 0.3) is 27.9 Å². The van der Waals surface area contributed by atoms with Crippen LogP contribution in [0, 0.1) is 24.4 Å². The lowest BCUT2D eigenvalue weighted by Crippen LogP contribution is -2.45. The average molecular weight is 1040 g/mol. The number of piperazine rings is 1. The summed E-state index contributed by atoms with van der Waals surface area (Å²) in [6, 6.07) is 10.4. The number of Topliss-reactive ketones (excluding diaryl/α,β-unsaturated/α-hetero) is 1. The summed E-state index contributed by atoms with van der Waals surface area (Å²) in [6.45, 7) is 9.69. The molecule has 2 fully saturated rings. The number of carbonyl (C=O) groups is 1. The molecule has 3 aromatic carbocycles. The van der Waals surface area contributed by atoms with E-state index in [9.17, 15) is 9.90 Å². The van der Waals surface area contributed by atoms with E-state index in [-0.39, 0.29) is 83.1 Å². The van der Waals surface area contributed by atoms with Crippen molar-refractivity contribution in [3.05, 3.63) is 117 Å². The summed E-state index contributed by atoms with van der Waals surface area (Å²) in [4.78, 5) is 46.7. The number of aliphatic hydroxyl groups is 1. The summed E-state index contributed by atoms with van der Waals surface area (Å²) in [7, 11) is 3.83. The van der Waals surface area contributed by atoms with E-state index in [2.05, 4.69) is 80.3 Å². The molecule has 9 rings (SSSR count). The maximum Gasteiger partial charge on any atom is 0.232 e. The number of hydrogen-bond donors (Lipinski definition) is 5. The molecule has 4 aromatic heterocycles. The number of nitrogens with one attached hydrogen (secondary N) is 4. The molecule has 0 bridgehead atoms. The monoisotopic (exact) mass is 1040 g/mol. The van der Waals surface area contributed by atoms with Gasteiger partial charge in [0.15, 0.2) is 35.0 Å². The Morgan fingerprint density at radius 2 is 1.87 bits per heavy atom. The molecule has 366 valence electrons. The molecular weight excluding hydrogens is 993 g/mol. The highest BCUT2D eigenvalue weighted by Gasteiger charge is 2.28. The zero-order chi connectivity index (χ0) is 49.2. The molecule has 7 aromatic rings. The second-order valence-electron chi connectivity index (χ2n) is 17.4. The van der Waals surface area contributed by atoms with Crippen molar-refractivity contribution in [2.24, 2.45) is 0 Å². The van der Waals surface area contributed by atoms with Crippen molar-refractivity contribution < 1.29 is 27.8 Å². The van der Waals surface area contributed by atoms with E-state index in [4.69, 9.17) is 26.3 Å². The first-order chi connectivity index (χ1) is 33.8. The zero-order valence-corrected chi connectivity index (χ0v) is 41.0. The Balaban J connectivity index is 0.955. The number of aromatic nitrogens is 8. The lowest BCUT2D eigenvalue weighted by Gasteiger charge is -2.33. The first-order valence-electron chi connectivity index (χ1n) is 22.8. The van der Waals surface area contributed by atoms with Gasteiger partial charge in [0.05, 0.1) is 27.8 Å². The fourth-order valence-electron chi connectivity index (χ4n) is 8.31. The van der Waals surface area contributed by atoms with Crippen molar-refractivity contribution in [3.63, 3.8) is 0 Å². The van der Waals surface area contributed by atoms with Crippen molar-refractivity contribution in [1.82, 2.24) is 49.7 Å². The van der Waals surface area contributed by atoms with Gasteiger partial charge in [0, 0.05) is 74.6 Å². The van der Waals surface area contributed by atoms with Crippen LogP contribution < -0.4 is 30.5 Å². The summed E-state index contributed by atoms with van der Waals surface area (Å²) >= 11 is 9.69. The topological polar surface area (TPSA) is 190 Å². The Hall–Kier alpha value is -6.39. The van der Waals surface area contributed by atoms with E-state index in [1.807, 2.05) is 0 Å². The fourth-order valence-corrected chi connectivity index (χ4v) is 8.81. The number of fused-ring (bicyclic) bond motifs is 2. The zero-order valence-electron chi connectivity index (χ0n) is 38.7. The minimum atomic E-state index is -1.47. The van der Waals surface area contributed by atoms with Gasteiger partial charge < -0.3 is 45.5 Å². The molecule has 2 aliphatic rings. The number of aromatic amines is 1. The predicted molar refractivity (Wildman–Crippen MR) is 266 cm³/mol. The van der Waals surface area contributed by atoms with Crippen LogP contribution in [-0.2, 0) is 11.3 Å². The number of ketones is 1. The molecule has 0 amide bonds. The summed E-state index contributed by atoms with van der Waals surface area (Å²) in [5.41, 5.74) is 3.48. The van der Waals surface area contributed by atoms with Gasteiger partial charge in [-0.3, -0.25) is 4.79 Å². The number of anilines is 4. The van der Waals surface area contributed by atoms with Crippen LogP contribution in [0.4, 0.5) is 36.6 Å². The number of likely N-dealkylation sites (N-methyl/N-ethyl adjacent to an activating group) is 2. The quantitative estimate of drug-likeness (QED) is 0.0286. The molecule has 1 unspecified atom stereocenters. The molecule has 1 aliphatic heterocycles. The Labute approximate surface area is 414 Å². The van der Waals surface area contributed by atoms with Crippen LogP contribution in [0.3, 0.4) is 0 Å². The SMILES string of the molecule is C=C(CN(Cc1nc2c(F)c(Cl)ccc2[nH]1)c1nc(N2CCN(C)CC2)nc2c(Br)cnn12)C(=O)CCNc1ncnc(-c2cc(F)cc(NC(O)c3ccc(C4CC4)cc3F)c2C)c1OCCNC. The number of aliphatic hydroxyl groups excluding tert-OH is 1. The van der Waals surface area contributed by atoms with E-state index < -0.39 is 23.7 Å². The number of halogens is 5. The highest BCUT2D eigenvalue weighted by atomic mass is 79.9. The summed E-state index contributed by atoms with van der Waals surface area (Å²) in [5, 5.41) is 24.7. The van der Waals surface area contributed by atoms with Gasteiger partial charge in [-0.05, 0) is 97.2 Å². The van der Waals surface area contributed by atoms with Crippen LogP contribution in [0.5, 0.6) is 5.75 Å². The van der Waals surface area contributed by atoms with Gasteiger partial charge in [-0.1, -0.05) is 30.3 Å². The molecule has 17 nitrogen and oxygen atoms in total. The second-order valence-corrected chi connectivity index (χ2v) is 18.7. The third-order valence-corrected chi connectivity index (χ3v) is 13.3. The minimum absolute atomic E-state index is 0.0246. The van der Waals surface area contributed by atoms with E-state index >= 15 is 13.2 Å². The number of benzene rings is 3. The summed E-state index contributed by atoms with van der Waals surface area (Å²) in [6.07, 6.45) is 3.43. The number of rotatable bonds is 20. The third kappa shape index (κ3) is 10.5. The van der Waals surface area contributed by atoms with Gasteiger partial charge in [-0.2, -0.15) is 19.6 Å². The highest BCUT2D eigenvalue weighted by Crippen LogP contribution is 2.42. The van der Waals surface area contributed by atoms with Crippen LogP contribution in [-0.4, -0.2) is 122 Å². The molecule has 1 atom stereocenters. The van der Waals surface area contributed by atoms with Gasteiger partial charge >= 0.3 is 0 Å².